The van der Waals surface area contributed by atoms with Crippen molar-refractivity contribution >= 4 is 33.4 Å². The number of amides is 1. The van der Waals surface area contributed by atoms with Crippen LogP contribution in [0.3, 0.4) is 0 Å². The first-order valence-corrected chi connectivity index (χ1v) is 7.97. The number of halogens is 2. The van der Waals surface area contributed by atoms with Crippen LogP contribution in [0.1, 0.15) is 28.8 Å². The summed E-state index contributed by atoms with van der Waals surface area (Å²) in [7, 11) is 0. The zero-order valence-corrected chi connectivity index (χ0v) is 13.6. The van der Waals surface area contributed by atoms with Crippen molar-refractivity contribution in [2.75, 3.05) is 0 Å². The van der Waals surface area contributed by atoms with E-state index in [1.54, 1.807) is 18.3 Å². The minimum absolute atomic E-state index is 0.0154. The van der Waals surface area contributed by atoms with E-state index >= 15 is 0 Å². The standard InChI is InChI=1S/C16H14BrClN2O/c17-13-3-1-2-11(8-13)10-20(14-5-6-14)16(21)12-4-7-15(18)19-9-12/h1-4,7-9,14H,5-6,10H2. The predicted octanol–water partition coefficient (Wildman–Crippen LogP) is 4.30. The summed E-state index contributed by atoms with van der Waals surface area (Å²) in [5.74, 6) is 0.0154. The van der Waals surface area contributed by atoms with Gasteiger partial charge in [0.15, 0.2) is 0 Å². The van der Waals surface area contributed by atoms with Gasteiger partial charge in [-0.05, 0) is 42.7 Å². The third kappa shape index (κ3) is 3.63. The lowest BCUT2D eigenvalue weighted by molar-refractivity contribution is 0.0729. The molecular formula is C16H14BrClN2O. The van der Waals surface area contributed by atoms with Gasteiger partial charge in [0.05, 0.1) is 5.56 Å². The van der Waals surface area contributed by atoms with Gasteiger partial charge in [-0.2, -0.15) is 0 Å². The Bertz CT molecular complexity index is 656. The number of nitrogens with zero attached hydrogens (tertiary/aromatic N) is 2. The van der Waals surface area contributed by atoms with Crippen molar-refractivity contribution in [1.29, 1.82) is 0 Å². The van der Waals surface area contributed by atoms with Gasteiger partial charge in [-0.3, -0.25) is 4.79 Å². The molecule has 3 rings (SSSR count). The average Bonchev–Trinajstić information content (AvgIpc) is 3.29. The molecule has 5 heteroatoms. The van der Waals surface area contributed by atoms with Crippen LogP contribution in [-0.2, 0) is 6.54 Å². The summed E-state index contributed by atoms with van der Waals surface area (Å²) >= 11 is 9.24. The fourth-order valence-electron chi connectivity index (χ4n) is 2.25. The van der Waals surface area contributed by atoms with Crippen LogP contribution in [0.5, 0.6) is 0 Å². The molecule has 1 heterocycles. The fourth-order valence-corrected chi connectivity index (χ4v) is 2.81. The molecule has 3 nitrogen and oxygen atoms in total. The zero-order valence-electron chi connectivity index (χ0n) is 11.3. The van der Waals surface area contributed by atoms with E-state index in [0.29, 0.717) is 23.3 Å². The largest absolute Gasteiger partial charge is 0.331 e. The van der Waals surface area contributed by atoms with E-state index in [-0.39, 0.29) is 5.91 Å². The van der Waals surface area contributed by atoms with E-state index in [1.165, 1.54) is 0 Å². The maximum atomic E-state index is 12.7. The molecule has 0 saturated heterocycles. The summed E-state index contributed by atoms with van der Waals surface area (Å²) in [6, 6.07) is 11.8. The lowest BCUT2D eigenvalue weighted by atomic mass is 10.2. The highest BCUT2D eigenvalue weighted by atomic mass is 79.9. The Morgan fingerprint density at radius 1 is 1.33 bits per heavy atom. The first-order valence-electron chi connectivity index (χ1n) is 6.80. The van der Waals surface area contributed by atoms with Crippen LogP contribution < -0.4 is 0 Å². The molecule has 1 amide bonds. The van der Waals surface area contributed by atoms with Crippen molar-refractivity contribution in [3.63, 3.8) is 0 Å². The van der Waals surface area contributed by atoms with E-state index in [4.69, 9.17) is 11.6 Å². The van der Waals surface area contributed by atoms with Crippen molar-refractivity contribution < 1.29 is 4.79 Å². The van der Waals surface area contributed by atoms with Crippen LogP contribution in [0.4, 0.5) is 0 Å². The van der Waals surface area contributed by atoms with Crippen LogP contribution in [-0.4, -0.2) is 21.8 Å². The lowest BCUT2D eigenvalue weighted by Gasteiger charge is -2.22. The number of benzene rings is 1. The molecule has 1 aromatic heterocycles. The Kier molecular flexibility index (Phi) is 4.27. The highest BCUT2D eigenvalue weighted by Crippen LogP contribution is 2.30. The first kappa shape index (κ1) is 14.5. The quantitative estimate of drug-likeness (QED) is 0.757. The fraction of sp³-hybridized carbons (Fsp3) is 0.250. The van der Waals surface area contributed by atoms with Crippen LogP contribution in [0, 0.1) is 0 Å². The number of hydrogen-bond donors (Lipinski definition) is 0. The number of carbonyl (C=O) groups excluding carboxylic acids is 1. The minimum Gasteiger partial charge on any atom is -0.331 e. The summed E-state index contributed by atoms with van der Waals surface area (Å²) in [6.07, 6.45) is 3.68. The molecule has 0 atom stereocenters. The Hall–Kier alpha value is -1.39. The van der Waals surface area contributed by atoms with E-state index in [9.17, 15) is 4.79 Å². The Morgan fingerprint density at radius 2 is 2.14 bits per heavy atom. The van der Waals surface area contributed by atoms with Crippen LogP contribution in [0.15, 0.2) is 47.1 Å². The van der Waals surface area contributed by atoms with Crippen molar-refractivity contribution in [1.82, 2.24) is 9.88 Å². The highest BCUT2D eigenvalue weighted by Gasteiger charge is 2.33. The topological polar surface area (TPSA) is 33.2 Å². The third-order valence-electron chi connectivity index (χ3n) is 3.46. The Labute approximate surface area is 137 Å². The normalized spacial score (nSPS) is 14.0. The van der Waals surface area contributed by atoms with Gasteiger partial charge in [-0.1, -0.05) is 39.7 Å². The number of carbonyl (C=O) groups is 1. The molecule has 21 heavy (non-hydrogen) atoms. The summed E-state index contributed by atoms with van der Waals surface area (Å²) in [6.45, 7) is 0.617. The third-order valence-corrected chi connectivity index (χ3v) is 4.18. The maximum absolute atomic E-state index is 12.7. The molecule has 1 aliphatic carbocycles. The minimum atomic E-state index is 0.0154. The Balaban J connectivity index is 1.81. The predicted molar refractivity (Wildman–Crippen MR) is 86.3 cm³/mol. The molecule has 1 aliphatic rings. The SMILES string of the molecule is O=C(c1ccc(Cl)nc1)N(Cc1cccc(Br)c1)C1CC1. The van der Waals surface area contributed by atoms with Gasteiger partial charge in [0.25, 0.3) is 5.91 Å². The molecule has 108 valence electrons. The Morgan fingerprint density at radius 3 is 2.76 bits per heavy atom. The van der Waals surface area contributed by atoms with Crippen LogP contribution in [0.2, 0.25) is 5.15 Å². The van der Waals surface area contributed by atoms with Gasteiger partial charge in [0.1, 0.15) is 5.15 Å². The van der Waals surface area contributed by atoms with Gasteiger partial charge in [-0.15, -0.1) is 0 Å². The second-order valence-corrected chi connectivity index (χ2v) is 6.47. The second kappa shape index (κ2) is 6.16. The number of rotatable bonds is 4. The zero-order chi connectivity index (χ0) is 14.8. The van der Waals surface area contributed by atoms with E-state index < -0.39 is 0 Å². The average molecular weight is 366 g/mol. The molecule has 0 spiro atoms. The van der Waals surface area contributed by atoms with Crippen LogP contribution >= 0.6 is 27.5 Å². The van der Waals surface area contributed by atoms with Crippen molar-refractivity contribution in [2.45, 2.75) is 25.4 Å². The van der Waals surface area contributed by atoms with Gasteiger partial charge in [0.2, 0.25) is 0 Å². The van der Waals surface area contributed by atoms with E-state index in [1.807, 2.05) is 29.2 Å². The smallest absolute Gasteiger partial charge is 0.255 e. The summed E-state index contributed by atoms with van der Waals surface area (Å²) in [4.78, 5) is 18.6. The van der Waals surface area contributed by atoms with Gasteiger partial charge < -0.3 is 4.90 Å². The molecule has 0 aliphatic heterocycles. The summed E-state index contributed by atoms with van der Waals surface area (Å²) in [5.41, 5.74) is 1.70. The number of aromatic nitrogens is 1. The van der Waals surface area contributed by atoms with E-state index in [0.717, 1.165) is 22.9 Å². The van der Waals surface area contributed by atoms with Crippen molar-refractivity contribution in [3.05, 3.63) is 63.3 Å². The monoisotopic (exact) mass is 364 g/mol. The molecule has 0 bridgehead atoms. The number of hydrogen-bond acceptors (Lipinski definition) is 2. The van der Waals surface area contributed by atoms with Crippen LogP contribution in [0.25, 0.3) is 0 Å². The summed E-state index contributed by atoms with van der Waals surface area (Å²) in [5, 5.41) is 0.400. The molecule has 0 unspecified atom stereocenters. The molecule has 1 aromatic carbocycles. The molecular weight excluding hydrogens is 352 g/mol. The van der Waals surface area contributed by atoms with Crippen molar-refractivity contribution in [2.24, 2.45) is 0 Å². The summed E-state index contributed by atoms with van der Waals surface area (Å²) < 4.78 is 1.02. The second-order valence-electron chi connectivity index (χ2n) is 5.16. The maximum Gasteiger partial charge on any atom is 0.255 e. The van der Waals surface area contributed by atoms with Gasteiger partial charge in [-0.25, -0.2) is 4.98 Å². The first-order chi connectivity index (χ1) is 10.1. The van der Waals surface area contributed by atoms with Gasteiger partial charge >= 0.3 is 0 Å². The van der Waals surface area contributed by atoms with E-state index in [2.05, 4.69) is 20.9 Å². The molecule has 0 N–H and O–H groups in total. The lowest BCUT2D eigenvalue weighted by Crippen LogP contribution is -2.32. The molecule has 0 radical (unpaired) electrons. The highest BCUT2D eigenvalue weighted by molar-refractivity contribution is 9.10. The van der Waals surface area contributed by atoms with Crippen molar-refractivity contribution in [3.8, 4) is 0 Å². The molecule has 2 aromatic rings. The molecule has 1 fully saturated rings. The number of pyridine rings is 1. The molecule has 1 saturated carbocycles. The van der Waals surface area contributed by atoms with Gasteiger partial charge in [0, 0.05) is 23.3 Å².